The minimum atomic E-state index is 0.433. The van der Waals surface area contributed by atoms with Gasteiger partial charge in [0.2, 0.25) is 0 Å². The third-order valence-corrected chi connectivity index (χ3v) is 1.60. The van der Waals surface area contributed by atoms with Crippen molar-refractivity contribution in [3.05, 3.63) is 23.4 Å². The second-order valence-corrected chi connectivity index (χ2v) is 2.31. The predicted octanol–water partition coefficient (Wildman–Crippen LogP) is 1.21. The summed E-state index contributed by atoms with van der Waals surface area (Å²) in [6.07, 6.45) is 2.65. The first-order chi connectivity index (χ1) is 5.40. The van der Waals surface area contributed by atoms with Crippen molar-refractivity contribution < 1.29 is 0 Å². The zero-order valence-corrected chi connectivity index (χ0v) is 5.78. The maximum absolute atomic E-state index is 8.50. The van der Waals surface area contributed by atoms with Gasteiger partial charge in [0, 0.05) is 18.2 Å². The second-order valence-electron chi connectivity index (χ2n) is 2.31. The lowest BCUT2D eigenvalue weighted by atomic mass is 10.2. The summed E-state index contributed by atoms with van der Waals surface area (Å²) in [6.45, 7) is 0. The van der Waals surface area contributed by atoms with Crippen LogP contribution >= 0.6 is 0 Å². The van der Waals surface area contributed by atoms with Gasteiger partial charge >= 0.3 is 0 Å². The van der Waals surface area contributed by atoms with Crippen molar-refractivity contribution >= 4 is 12.0 Å². The van der Waals surface area contributed by atoms with Gasteiger partial charge in [-0.3, -0.25) is 0 Å². The third kappa shape index (κ3) is 0.887. The molecule has 0 bridgehead atoms. The van der Waals surface area contributed by atoms with Crippen LogP contribution in [0.2, 0.25) is 0 Å². The van der Waals surface area contributed by atoms with Crippen LogP contribution in [0.25, 0.3) is 0 Å². The van der Waals surface area contributed by atoms with E-state index < -0.39 is 0 Å². The Morgan fingerprint density at radius 1 is 1.45 bits per heavy atom. The van der Waals surface area contributed by atoms with Crippen LogP contribution in [-0.4, -0.2) is 11.2 Å². The maximum atomic E-state index is 8.50. The van der Waals surface area contributed by atoms with Crippen LogP contribution in [0, 0.1) is 11.3 Å². The summed E-state index contributed by atoms with van der Waals surface area (Å²) < 4.78 is 0. The van der Waals surface area contributed by atoms with Crippen LogP contribution in [0.3, 0.4) is 0 Å². The van der Waals surface area contributed by atoms with Gasteiger partial charge in [-0.2, -0.15) is 5.26 Å². The van der Waals surface area contributed by atoms with Gasteiger partial charge < -0.3 is 0 Å². The molecule has 3 heteroatoms. The molecular weight excluding hydrogens is 138 g/mol. The molecule has 2 heterocycles. The monoisotopic (exact) mass is 143 g/mol. The van der Waals surface area contributed by atoms with E-state index in [1.54, 1.807) is 12.3 Å². The molecule has 1 aliphatic rings. The molecule has 0 amide bonds. The van der Waals surface area contributed by atoms with E-state index in [0.29, 0.717) is 11.5 Å². The Balaban J connectivity index is 2.58. The van der Waals surface area contributed by atoms with E-state index in [-0.39, 0.29) is 0 Å². The van der Waals surface area contributed by atoms with E-state index in [0.717, 1.165) is 12.0 Å². The maximum Gasteiger partial charge on any atom is 0.156 e. The van der Waals surface area contributed by atoms with Crippen LogP contribution in [0.4, 0.5) is 5.82 Å². The molecule has 0 atom stereocenters. The number of hydrogen-bond acceptors (Lipinski definition) is 3. The van der Waals surface area contributed by atoms with Gasteiger partial charge in [-0.15, -0.1) is 0 Å². The SMILES string of the molecule is N#Cc1ccc2c(n1)N=CC2. The molecule has 0 aliphatic carbocycles. The van der Waals surface area contributed by atoms with E-state index in [1.165, 1.54) is 0 Å². The Hall–Kier alpha value is -1.69. The zero-order valence-electron chi connectivity index (χ0n) is 5.78. The highest BCUT2D eigenvalue weighted by Crippen LogP contribution is 2.20. The Morgan fingerprint density at radius 2 is 2.36 bits per heavy atom. The van der Waals surface area contributed by atoms with Crippen LogP contribution in [0.15, 0.2) is 17.1 Å². The lowest BCUT2D eigenvalue weighted by molar-refractivity contribution is 1.21. The van der Waals surface area contributed by atoms with Gasteiger partial charge in [0.15, 0.2) is 5.82 Å². The Morgan fingerprint density at radius 3 is 3.18 bits per heavy atom. The summed E-state index contributed by atoms with van der Waals surface area (Å²) >= 11 is 0. The first-order valence-corrected chi connectivity index (χ1v) is 3.33. The first-order valence-electron chi connectivity index (χ1n) is 3.33. The molecule has 11 heavy (non-hydrogen) atoms. The fourth-order valence-electron chi connectivity index (χ4n) is 1.04. The van der Waals surface area contributed by atoms with E-state index in [1.807, 2.05) is 12.1 Å². The smallest absolute Gasteiger partial charge is 0.156 e. The second kappa shape index (κ2) is 2.17. The van der Waals surface area contributed by atoms with Crippen molar-refractivity contribution in [2.45, 2.75) is 6.42 Å². The third-order valence-electron chi connectivity index (χ3n) is 1.60. The minimum absolute atomic E-state index is 0.433. The molecule has 1 aromatic heterocycles. The van der Waals surface area contributed by atoms with Gasteiger partial charge in [0.05, 0.1) is 0 Å². The average Bonchev–Trinajstić information content (AvgIpc) is 2.50. The number of hydrogen-bond donors (Lipinski definition) is 0. The topological polar surface area (TPSA) is 49.0 Å². The lowest BCUT2D eigenvalue weighted by Gasteiger charge is -1.93. The van der Waals surface area contributed by atoms with Gasteiger partial charge in [0.1, 0.15) is 11.8 Å². The number of rotatable bonds is 0. The van der Waals surface area contributed by atoms with Crippen LogP contribution < -0.4 is 0 Å². The highest BCUT2D eigenvalue weighted by Gasteiger charge is 2.07. The Bertz CT molecular complexity index is 360. The number of aliphatic imine (C=N–C) groups is 1. The number of fused-ring (bicyclic) bond motifs is 1. The summed E-state index contributed by atoms with van der Waals surface area (Å²) in [7, 11) is 0. The average molecular weight is 143 g/mol. The molecule has 2 rings (SSSR count). The van der Waals surface area contributed by atoms with Crippen molar-refractivity contribution in [1.29, 1.82) is 5.26 Å². The quantitative estimate of drug-likeness (QED) is 0.548. The van der Waals surface area contributed by atoms with E-state index in [2.05, 4.69) is 9.98 Å². The van der Waals surface area contributed by atoms with Crippen LogP contribution in [0.5, 0.6) is 0 Å². The number of aromatic nitrogens is 1. The van der Waals surface area contributed by atoms with Crippen molar-refractivity contribution in [1.82, 2.24) is 4.98 Å². The van der Waals surface area contributed by atoms with Crippen molar-refractivity contribution in [3.8, 4) is 6.07 Å². The molecule has 52 valence electrons. The van der Waals surface area contributed by atoms with Crippen LogP contribution in [-0.2, 0) is 6.42 Å². The fourth-order valence-corrected chi connectivity index (χ4v) is 1.04. The highest BCUT2D eigenvalue weighted by atomic mass is 14.9. The molecule has 0 spiro atoms. The standard InChI is InChI=1S/C8H5N3/c9-5-7-2-1-6-3-4-10-8(6)11-7/h1-2,4H,3H2. The first kappa shape index (κ1) is 6.05. The predicted molar refractivity (Wildman–Crippen MR) is 40.8 cm³/mol. The molecule has 0 N–H and O–H groups in total. The summed E-state index contributed by atoms with van der Waals surface area (Å²) in [4.78, 5) is 8.03. The van der Waals surface area contributed by atoms with Crippen molar-refractivity contribution in [2.24, 2.45) is 4.99 Å². The molecule has 0 saturated heterocycles. The van der Waals surface area contributed by atoms with E-state index >= 15 is 0 Å². The number of nitriles is 1. The van der Waals surface area contributed by atoms with Crippen molar-refractivity contribution in [2.75, 3.05) is 0 Å². The molecular formula is C8H5N3. The van der Waals surface area contributed by atoms with E-state index in [4.69, 9.17) is 5.26 Å². The number of nitrogens with zero attached hydrogens (tertiary/aromatic N) is 3. The van der Waals surface area contributed by atoms with Crippen LogP contribution in [0.1, 0.15) is 11.3 Å². The molecule has 1 aliphatic heterocycles. The van der Waals surface area contributed by atoms with Gasteiger partial charge in [0.25, 0.3) is 0 Å². The zero-order chi connectivity index (χ0) is 7.68. The molecule has 0 radical (unpaired) electrons. The summed E-state index contributed by atoms with van der Waals surface area (Å²) in [6, 6.07) is 5.58. The molecule has 0 aromatic carbocycles. The fraction of sp³-hybridized carbons (Fsp3) is 0.125. The van der Waals surface area contributed by atoms with Gasteiger partial charge in [-0.25, -0.2) is 9.98 Å². The molecule has 1 aromatic rings. The van der Waals surface area contributed by atoms with E-state index in [9.17, 15) is 0 Å². The highest BCUT2D eigenvalue weighted by molar-refractivity contribution is 5.73. The molecule has 0 unspecified atom stereocenters. The Kier molecular flexibility index (Phi) is 1.19. The number of pyridine rings is 1. The van der Waals surface area contributed by atoms with Gasteiger partial charge in [-0.05, 0) is 6.07 Å². The van der Waals surface area contributed by atoms with Gasteiger partial charge in [-0.1, -0.05) is 6.07 Å². The molecule has 0 fully saturated rings. The largest absolute Gasteiger partial charge is 0.241 e. The normalized spacial score (nSPS) is 12.6. The lowest BCUT2D eigenvalue weighted by Crippen LogP contribution is -1.84. The van der Waals surface area contributed by atoms with Crippen molar-refractivity contribution in [3.63, 3.8) is 0 Å². The summed E-state index contributed by atoms with van der Waals surface area (Å²) in [5, 5.41) is 8.50. The molecule has 0 saturated carbocycles. The summed E-state index contributed by atoms with van der Waals surface area (Å²) in [5.41, 5.74) is 1.53. The summed E-state index contributed by atoms with van der Waals surface area (Å²) in [5.74, 6) is 0.698. The Labute approximate surface area is 64.0 Å². The minimum Gasteiger partial charge on any atom is -0.241 e. The molecule has 3 nitrogen and oxygen atoms in total.